The molecule has 0 spiro atoms. The van der Waals surface area contributed by atoms with E-state index in [4.69, 9.17) is 4.42 Å². The number of nitrogens with zero attached hydrogens (tertiary/aromatic N) is 4. The predicted molar refractivity (Wildman–Crippen MR) is 98.8 cm³/mol. The van der Waals surface area contributed by atoms with Crippen molar-refractivity contribution in [2.75, 3.05) is 0 Å². The molecule has 5 rings (SSSR count). The Morgan fingerprint density at radius 3 is 2.52 bits per heavy atom. The van der Waals surface area contributed by atoms with E-state index in [9.17, 15) is 9.90 Å². The first-order valence-electron chi connectivity index (χ1n) is 8.24. The molecule has 2 aromatic carbocycles. The number of carboxylic acids is 1. The molecule has 0 atom stereocenters. The van der Waals surface area contributed by atoms with Crippen molar-refractivity contribution >= 4 is 27.9 Å². The van der Waals surface area contributed by atoms with Crippen LogP contribution in [0.3, 0.4) is 0 Å². The molecule has 0 amide bonds. The molecule has 0 aliphatic heterocycles. The van der Waals surface area contributed by atoms with Crippen LogP contribution in [0.4, 0.5) is 0 Å². The van der Waals surface area contributed by atoms with Gasteiger partial charge >= 0.3 is 5.97 Å². The van der Waals surface area contributed by atoms with Crippen LogP contribution < -0.4 is 0 Å². The number of pyridine rings is 1. The first-order valence-corrected chi connectivity index (χ1v) is 8.24. The van der Waals surface area contributed by atoms with Gasteiger partial charge in [-0.3, -0.25) is 0 Å². The van der Waals surface area contributed by atoms with Crippen LogP contribution in [0.25, 0.3) is 39.1 Å². The molecule has 130 valence electrons. The van der Waals surface area contributed by atoms with E-state index in [0.717, 1.165) is 5.69 Å². The highest BCUT2D eigenvalue weighted by atomic mass is 16.4. The van der Waals surface area contributed by atoms with Crippen LogP contribution >= 0.6 is 0 Å². The molecule has 0 bridgehead atoms. The molecule has 3 aromatic heterocycles. The molecule has 5 aromatic rings. The average molecular weight is 356 g/mol. The largest absolute Gasteiger partial charge is 0.478 e. The summed E-state index contributed by atoms with van der Waals surface area (Å²) in [5.74, 6) is -0.551. The number of carboxylic acid groups (broad SMARTS) is 1. The third-order valence-corrected chi connectivity index (χ3v) is 4.31. The Kier molecular flexibility index (Phi) is 3.26. The van der Waals surface area contributed by atoms with Gasteiger partial charge in [-0.2, -0.15) is 4.80 Å². The quantitative estimate of drug-likeness (QED) is 0.526. The van der Waals surface area contributed by atoms with E-state index in [1.54, 1.807) is 24.3 Å². The molecule has 0 saturated heterocycles. The van der Waals surface area contributed by atoms with Gasteiger partial charge in [0.15, 0.2) is 5.76 Å². The summed E-state index contributed by atoms with van der Waals surface area (Å²) in [5.41, 5.74) is 2.97. The van der Waals surface area contributed by atoms with E-state index in [-0.39, 0.29) is 5.56 Å². The Labute approximate surface area is 152 Å². The first-order chi connectivity index (χ1) is 13.2. The predicted octanol–water partition coefficient (Wildman–Crippen LogP) is 3.93. The van der Waals surface area contributed by atoms with Gasteiger partial charge in [0.1, 0.15) is 16.7 Å². The number of aromatic carboxylic acids is 1. The number of para-hydroxylation sites is 1. The fourth-order valence-electron chi connectivity index (χ4n) is 3.10. The van der Waals surface area contributed by atoms with Gasteiger partial charge in [0.25, 0.3) is 0 Å². The van der Waals surface area contributed by atoms with Gasteiger partial charge in [-0.25, -0.2) is 9.78 Å². The van der Waals surface area contributed by atoms with Gasteiger partial charge in [-0.1, -0.05) is 18.2 Å². The molecule has 0 unspecified atom stereocenters. The van der Waals surface area contributed by atoms with Crippen LogP contribution in [0, 0.1) is 0 Å². The van der Waals surface area contributed by atoms with Gasteiger partial charge in [-0.05, 0) is 42.5 Å². The average Bonchev–Trinajstić information content (AvgIpc) is 3.37. The maximum Gasteiger partial charge on any atom is 0.336 e. The number of hydrogen-bond acceptors (Lipinski definition) is 5. The lowest BCUT2D eigenvalue weighted by atomic mass is 10.1. The third kappa shape index (κ3) is 2.44. The van der Waals surface area contributed by atoms with E-state index >= 15 is 0 Å². The van der Waals surface area contributed by atoms with Gasteiger partial charge < -0.3 is 9.52 Å². The maximum absolute atomic E-state index is 11.9. The van der Waals surface area contributed by atoms with Crippen molar-refractivity contribution in [2.24, 2.45) is 0 Å². The molecule has 0 aliphatic carbocycles. The molecular formula is C20H12N4O3. The highest BCUT2D eigenvalue weighted by Crippen LogP contribution is 2.30. The fourth-order valence-corrected chi connectivity index (χ4v) is 3.10. The first kappa shape index (κ1) is 15.3. The summed E-state index contributed by atoms with van der Waals surface area (Å²) in [6.45, 7) is 0. The Morgan fingerprint density at radius 1 is 0.963 bits per heavy atom. The van der Waals surface area contributed by atoms with E-state index < -0.39 is 5.97 Å². The molecule has 7 nitrogen and oxygen atoms in total. The van der Waals surface area contributed by atoms with Crippen LogP contribution in [0.5, 0.6) is 0 Å². The third-order valence-electron chi connectivity index (χ3n) is 4.31. The van der Waals surface area contributed by atoms with Crippen molar-refractivity contribution in [1.82, 2.24) is 20.0 Å². The van der Waals surface area contributed by atoms with Crippen molar-refractivity contribution in [3.8, 4) is 17.1 Å². The normalized spacial score (nSPS) is 11.3. The zero-order chi connectivity index (χ0) is 18.4. The van der Waals surface area contributed by atoms with Gasteiger partial charge in [0, 0.05) is 5.39 Å². The Hall–Kier alpha value is -4.00. The molecule has 0 radical (unpaired) electrons. The highest BCUT2D eigenvalue weighted by molar-refractivity contribution is 6.13. The lowest BCUT2D eigenvalue weighted by Gasteiger charge is -2.05. The topological polar surface area (TPSA) is 94.0 Å². The smallest absolute Gasteiger partial charge is 0.336 e. The summed E-state index contributed by atoms with van der Waals surface area (Å²) in [6.07, 6.45) is 1.52. The monoisotopic (exact) mass is 356 g/mol. The van der Waals surface area contributed by atoms with Crippen LogP contribution in [0.2, 0.25) is 0 Å². The molecule has 27 heavy (non-hydrogen) atoms. The standard InChI is InChI=1S/C20H12N4O3/c25-20(26)13-11-16(17-7-4-10-27-17)21-14-8-9-15-19(18(13)14)23-24(22-15)12-5-2-1-3-6-12/h1-11H,(H,25,26). The minimum absolute atomic E-state index is 0.108. The minimum atomic E-state index is -1.06. The number of fused-ring (bicyclic) bond motifs is 3. The van der Waals surface area contributed by atoms with Crippen molar-refractivity contribution in [3.63, 3.8) is 0 Å². The number of hydrogen-bond donors (Lipinski definition) is 1. The van der Waals surface area contributed by atoms with E-state index in [1.165, 1.54) is 17.1 Å². The molecule has 7 heteroatoms. The number of furan rings is 1. The SMILES string of the molecule is O=C(O)c1cc(-c2ccco2)nc2ccc3nn(-c4ccccc4)nc3c12. The second-order valence-corrected chi connectivity index (χ2v) is 5.99. The second-order valence-electron chi connectivity index (χ2n) is 5.99. The number of carbonyl (C=O) groups is 1. The number of aromatic nitrogens is 4. The van der Waals surface area contributed by atoms with Gasteiger partial charge in [-0.15, -0.1) is 10.2 Å². The van der Waals surface area contributed by atoms with Crippen LogP contribution in [-0.2, 0) is 0 Å². The zero-order valence-corrected chi connectivity index (χ0v) is 13.9. The van der Waals surface area contributed by atoms with Crippen LogP contribution in [-0.4, -0.2) is 31.1 Å². The maximum atomic E-state index is 11.9. The minimum Gasteiger partial charge on any atom is -0.478 e. The summed E-state index contributed by atoms with van der Waals surface area (Å²) in [4.78, 5) is 18.0. The fraction of sp³-hybridized carbons (Fsp3) is 0. The Balaban J connectivity index is 1.82. The van der Waals surface area contributed by atoms with E-state index in [2.05, 4.69) is 15.2 Å². The molecule has 0 fully saturated rings. The molecular weight excluding hydrogens is 344 g/mol. The van der Waals surface area contributed by atoms with Crippen molar-refractivity contribution < 1.29 is 14.3 Å². The molecule has 0 saturated carbocycles. The van der Waals surface area contributed by atoms with E-state index in [0.29, 0.717) is 33.4 Å². The Bertz CT molecular complexity index is 1290. The Morgan fingerprint density at radius 2 is 1.78 bits per heavy atom. The lowest BCUT2D eigenvalue weighted by molar-refractivity contribution is 0.0699. The number of rotatable bonds is 3. The zero-order valence-electron chi connectivity index (χ0n) is 13.9. The highest BCUT2D eigenvalue weighted by Gasteiger charge is 2.19. The van der Waals surface area contributed by atoms with Gasteiger partial charge in [0.05, 0.1) is 23.0 Å². The van der Waals surface area contributed by atoms with Crippen molar-refractivity contribution in [2.45, 2.75) is 0 Å². The summed E-state index contributed by atoms with van der Waals surface area (Å²) in [5, 5.41) is 19.2. The lowest BCUT2D eigenvalue weighted by Crippen LogP contribution is -2.01. The van der Waals surface area contributed by atoms with Crippen molar-refractivity contribution in [1.29, 1.82) is 0 Å². The van der Waals surface area contributed by atoms with Gasteiger partial charge in [0.2, 0.25) is 0 Å². The summed E-state index contributed by atoms with van der Waals surface area (Å²) in [6, 6.07) is 18.0. The summed E-state index contributed by atoms with van der Waals surface area (Å²) in [7, 11) is 0. The van der Waals surface area contributed by atoms with Crippen molar-refractivity contribution in [3.05, 3.63) is 72.5 Å². The summed E-state index contributed by atoms with van der Waals surface area (Å²) < 4.78 is 5.37. The summed E-state index contributed by atoms with van der Waals surface area (Å²) >= 11 is 0. The van der Waals surface area contributed by atoms with Crippen LogP contribution in [0.1, 0.15) is 10.4 Å². The van der Waals surface area contributed by atoms with Crippen LogP contribution in [0.15, 0.2) is 71.3 Å². The second kappa shape index (κ2) is 5.77. The number of benzene rings is 2. The van der Waals surface area contributed by atoms with E-state index in [1.807, 2.05) is 30.3 Å². The molecule has 1 N–H and O–H groups in total. The molecule has 0 aliphatic rings. The molecule has 3 heterocycles.